The molecule has 0 bridgehead atoms. The van der Waals surface area contributed by atoms with Crippen LogP contribution in [0.5, 0.6) is 0 Å². The lowest BCUT2D eigenvalue weighted by Gasteiger charge is -2.12. The van der Waals surface area contributed by atoms with Gasteiger partial charge in [-0.2, -0.15) is 0 Å². The van der Waals surface area contributed by atoms with Gasteiger partial charge in [0.1, 0.15) is 12.2 Å². The molecule has 2 amide bonds. The summed E-state index contributed by atoms with van der Waals surface area (Å²) in [7, 11) is 0. The minimum Gasteiger partial charge on any atom is -0.480 e. The van der Waals surface area contributed by atoms with Crippen molar-refractivity contribution >= 4 is 33.7 Å². The summed E-state index contributed by atoms with van der Waals surface area (Å²) in [6.07, 6.45) is 1.78. The summed E-state index contributed by atoms with van der Waals surface area (Å²) < 4.78 is 2.54. The molecule has 0 aromatic carbocycles. The van der Waals surface area contributed by atoms with Crippen LogP contribution in [0.3, 0.4) is 0 Å². The van der Waals surface area contributed by atoms with Crippen molar-refractivity contribution in [1.29, 1.82) is 0 Å². The van der Waals surface area contributed by atoms with Crippen molar-refractivity contribution in [1.82, 2.24) is 15.2 Å². The standard InChI is InChI=1S/C12H16BrN3O4/c1-7(2)16-6-8(13)3-9(16)12(20)15-4-10(17)14-5-11(18)19/h3,6-7H,4-5H2,1-2H3,(H,14,17)(H,15,20)(H,18,19). The number of aromatic nitrogens is 1. The number of carboxylic acid groups (broad SMARTS) is 1. The summed E-state index contributed by atoms with van der Waals surface area (Å²) in [5.41, 5.74) is 0.429. The van der Waals surface area contributed by atoms with Crippen molar-refractivity contribution in [3.8, 4) is 0 Å². The summed E-state index contributed by atoms with van der Waals surface area (Å²) in [5.74, 6) is -2.08. The summed E-state index contributed by atoms with van der Waals surface area (Å²) in [4.78, 5) is 33.6. The molecular formula is C12H16BrN3O4. The molecule has 0 saturated carbocycles. The Morgan fingerprint density at radius 1 is 1.30 bits per heavy atom. The van der Waals surface area contributed by atoms with Gasteiger partial charge in [-0.25, -0.2) is 0 Å². The third kappa shape index (κ3) is 4.69. The molecule has 0 saturated heterocycles. The molecule has 3 N–H and O–H groups in total. The average Bonchev–Trinajstić information content (AvgIpc) is 2.75. The van der Waals surface area contributed by atoms with Crippen molar-refractivity contribution < 1.29 is 19.5 Å². The predicted octanol–water partition coefficient (Wildman–Crippen LogP) is 0.762. The first-order valence-corrected chi connectivity index (χ1v) is 6.74. The molecule has 0 spiro atoms. The van der Waals surface area contributed by atoms with Gasteiger partial charge in [0.2, 0.25) is 5.91 Å². The molecule has 1 aromatic rings. The van der Waals surface area contributed by atoms with E-state index in [0.717, 1.165) is 4.47 Å². The molecular weight excluding hydrogens is 330 g/mol. The molecule has 0 radical (unpaired) electrons. The lowest BCUT2D eigenvalue weighted by atomic mass is 10.3. The highest BCUT2D eigenvalue weighted by molar-refractivity contribution is 9.10. The fraction of sp³-hybridized carbons (Fsp3) is 0.417. The van der Waals surface area contributed by atoms with E-state index in [2.05, 4.69) is 26.6 Å². The molecule has 0 aliphatic heterocycles. The van der Waals surface area contributed by atoms with E-state index in [1.165, 1.54) is 0 Å². The zero-order valence-electron chi connectivity index (χ0n) is 11.1. The summed E-state index contributed by atoms with van der Waals surface area (Å²) >= 11 is 3.30. The number of halogens is 1. The van der Waals surface area contributed by atoms with Crippen LogP contribution in [0, 0.1) is 0 Å². The van der Waals surface area contributed by atoms with Crippen LogP contribution in [-0.2, 0) is 9.59 Å². The van der Waals surface area contributed by atoms with E-state index in [4.69, 9.17) is 5.11 Å². The van der Waals surface area contributed by atoms with Gasteiger partial charge >= 0.3 is 5.97 Å². The van der Waals surface area contributed by atoms with Crippen LogP contribution in [0.1, 0.15) is 30.4 Å². The van der Waals surface area contributed by atoms with E-state index in [9.17, 15) is 14.4 Å². The van der Waals surface area contributed by atoms with Crippen molar-refractivity contribution in [3.63, 3.8) is 0 Å². The number of carbonyl (C=O) groups excluding carboxylic acids is 2. The maximum absolute atomic E-state index is 12.0. The Labute approximate surface area is 124 Å². The molecule has 1 rings (SSSR count). The summed E-state index contributed by atoms with van der Waals surface area (Å²) in [6.45, 7) is 3.13. The van der Waals surface area contributed by atoms with E-state index in [0.29, 0.717) is 5.69 Å². The van der Waals surface area contributed by atoms with Gasteiger partial charge in [0.15, 0.2) is 0 Å². The number of hydrogen-bond donors (Lipinski definition) is 3. The minimum atomic E-state index is -1.14. The third-order valence-electron chi connectivity index (χ3n) is 2.45. The monoisotopic (exact) mass is 345 g/mol. The van der Waals surface area contributed by atoms with Crippen LogP contribution < -0.4 is 10.6 Å². The Morgan fingerprint density at radius 2 is 1.95 bits per heavy atom. The smallest absolute Gasteiger partial charge is 0.322 e. The van der Waals surface area contributed by atoms with Gasteiger partial charge in [-0.05, 0) is 35.8 Å². The largest absolute Gasteiger partial charge is 0.480 e. The number of rotatable bonds is 6. The Hall–Kier alpha value is -1.83. The molecule has 0 fully saturated rings. The number of hydrogen-bond acceptors (Lipinski definition) is 3. The Balaban J connectivity index is 2.59. The zero-order valence-corrected chi connectivity index (χ0v) is 12.7. The highest BCUT2D eigenvalue weighted by Gasteiger charge is 2.15. The Bertz CT molecular complexity index is 525. The quantitative estimate of drug-likeness (QED) is 0.708. The number of carbonyl (C=O) groups is 3. The van der Waals surface area contributed by atoms with Gasteiger partial charge in [0.25, 0.3) is 5.91 Å². The SMILES string of the molecule is CC(C)n1cc(Br)cc1C(=O)NCC(=O)NCC(=O)O. The van der Waals surface area contributed by atoms with Crippen molar-refractivity contribution in [3.05, 3.63) is 22.4 Å². The van der Waals surface area contributed by atoms with Crippen molar-refractivity contribution in [2.24, 2.45) is 0 Å². The molecule has 0 aliphatic rings. The van der Waals surface area contributed by atoms with Crippen LogP contribution in [0.25, 0.3) is 0 Å². The first-order valence-electron chi connectivity index (χ1n) is 5.95. The van der Waals surface area contributed by atoms with Crippen LogP contribution in [-0.4, -0.2) is 40.5 Å². The first-order chi connectivity index (χ1) is 9.31. The fourth-order valence-electron chi connectivity index (χ4n) is 1.54. The Kier molecular flexibility index (Phi) is 5.75. The second kappa shape index (κ2) is 7.09. The van der Waals surface area contributed by atoms with Crippen molar-refractivity contribution in [2.75, 3.05) is 13.1 Å². The number of amides is 2. The number of nitrogens with zero attached hydrogens (tertiary/aromatic N) is 1. The van der Waals surface area contributed by atoms with Crippen LogP contribution in [0.15, 0.2) is 16.7 Å². The molecule has 1 heterocycles. The zero-order chi connectivity index (χ0) is 15.3. The van der Waals surface area contributed by atoms with E-state index < -0.39 is 24.3 Å². The predicted molar refractivity (Wildman–Crippen MR) is 75.5 cm³/mol. The van der Waals surface area contributed by atoms with Gasteiger partial charge in [-0.3, -0.25) is 14.4 Å². The van der Waals surface area contributed by atoms with Crippen LogP contribution in [0.4, 0.5) is 0 Å². The van der Waals surface area contributed by atoms with Gasteiger partial charge < -0.3 is 20.3 Å². The second-order valence-electron chi connectivity index (χ2n) is 4.40. The number of aliphatic carboxylic acids is 1. The van der Waals surface area contributed by atoms with E-state index in [1.807, 2.05) is 13.8 Å². The normalized spacial score (nSPS) is 10.4. The maximum atomic E-state index is 12.0. The maximum Gasteiger partial charge on any atom is 0.322 e. The highest BCUT2D eigenvalue weighted by atomic mass is 79.9. The van der Waals surface area contributed by atoms with Crippen molar-refractivity contribution in [2.45, 2.75) is 19.9 Å². The van der Waals surface area contributed by atoms with Crippen LogP contribution in [0.2, 0.25) is 0 Å². The molecule has 1 aromatic heterocycles. The minimum absolute atomic E-state index is 0.0999. The van der Waals surface area contributed by atoms with Gasteiger partial charge in [-0.15, -0.1) is 0 Å². The topological polar surface area (TPSA) is 100 Å². The summed E-state index contributed by atoms with van der Waals surface area (Å²) in [5, 5.41) is 13.0. The van der Waals surface area contributed by atoms with E-state index in [-0.39, 0.29) is 12.6 Å². The molecule has 0 aliphatic carbocycles. The highest BCUT2D eigenvalue weighted by Crippen LogP contribution is 2.19. The second-order valence-corrected chi connectivity index (χ2v) is 5.31. The van der Waals surface area contributed by atoms with Crippen LogP contribution >= 0.6 is 15.9 Å². The van der Waals surface area contributed by atoms with Gasteiger partial charge in [0.05, 0.1) is 6.54 Å². The molecule has 0 unspecified atom stereocenters. The molecule has 20 heavy (non-hydrogen) atoms. The average molecular weight is 346 g/mol. The molecule has 110 valence electrons. The van der Waals surface area contributed by atoms with E-state index in [1.54, 1.807) is 16.8 Å². The van der Waals surface area contributed by atoms with Gasteiger partial charge in [0, 0.05) is 16.7 Å². The summed E-state index contributed by atoms with van der Waals surface area (Å²) in [6, 6.07) is 1.76. The molecule has 8 heteroatoms. The first kappa shape index (κ1) is 16.2. The number of nitrogens with one attached hydrogen (secondary N) is 2. The van der Waals surface area contributed by atoms with E-state index >= 15 is 0 Å². The third-order valence-corrected chi connectivity index (χ3v) is 2.88. The van der Waals surface area contributed by atoms with Gasteiger partial charge in [-0.1, -0.05) is 0 Å². The number of carboxylic acids is 1. The molecule has 0 atom stereocenters. The Morgan fingerprint density at radius 3 is 2.50 bits per heavy atom. The lowest BCUT2D eigenvalue weighted by molar-refractivity contribution is -0.137. The molecule has 7 nitrogen and oxygen atoms in total. The fourth-order valence-corrected chi connectivity index (χ4v) is 1.98. The lowest BCUT2D eigenvalue weighted by Crippen LogP contribution is -2.39.